The van der Waals surface area contributed by atoms with Crippen LogP contribution in [0.5, 0.6) is 0 Å². The normalized spacial score (nSPS) is 22.2. The van der Waals surface area contributed by atoms with Gasteiger partial charge in [-0.3, -0.25) is 9.58 Å². The summed E-state index contributed by atoms with van der Waals surface area (Å²) >= 11 is 15.8. The second-order valence-electron chi connectivity index (χ2n) is 8.43. The Balaban J connectivity index is 1.18. The van der Waals surface area contributed by atoms with E-state index >= 15 is 0 Å². The molecule has 162 valence electrons. The van der Waals surface area contributed by atoms with Crippen molar-refractivity contribution in [1.82, 2.24) is 14.7 Å². The fourth-order valence-electron chi connectivity index (χ4n) is 4.85. The predicted molar refractivity (Wildman–Crippen MR) is 132 cm³/mol. The molecule has 0 spiro atoms. The second kappa shape index (κ2) is 9.14. The molecule has 2 atom stereocenters. The average Bonchev–Trinajstić information content (AvgIpc) is 3.46. The number of piperazine rings is 1. The van der Waals surface area contributed by atoms with E-state index < -0.39 is 0 Å². The first kappa shape index (κ1) is 21.3. The lowest BCUT2D eigenvalue weighted by molar-refractivity contribution is 0.183. The number of hydrogen-bond donors (Lipinski definition) is 0. The highest BCUT2D eigenvalue weighted by Gasteiger charge is 2.32. The monoisotopic (exact) mass is 518 g/mol. The van der Waals surface area contributed by atoms with Gasteiger partial charge in [-0.2, -0.15) is 5.10 Å². The number of hydrogen-bond acceptors (Lipinski definition) is 3. The Bertz CT molecular complexity index is 1040. The number of halogens is 3. The summed E-state index contributed by atoms with van der Waals surface area (Å²) in [5.41, 5.74) is 3.37. The third-order valence-electron chi connectivity index (χ3n) is 6.60. The van der Waals surface area contributed by atoms with Crippen LogP contribution < -0.4 is 4.90 Å². The van der Waals surface area contributed by atoms with E-state index in [-0.39, 0.29) is 0 Å². The first-order valence-electron chi connectivity index (χ1n) is 10.8. The molecule has 7 heteroatoms. The minimum absolute atomic E-state index is 0.488. The molecule has 2 aliphatic rings. The zero-order valence-corrected chi connectivity index (χ0v) is 20.3. The van der Waals surface area contributed by atoms with E-state index in [4.69, 9.17) is 28.3 Å². The summed E-state index contributed by atoms with van der Waals surface area (Å²) in [6.45, 7) is 4.21. The predicted octanol–water partition coefficient (Wildman–Crippen LogP) is 6.54. The highest BCUT2D eigenvalue weighted by atomic mass is 79.9. The van der Waals surface area contributed by atoms with E-state index in [0.29, 0.717) is 22.1 Å². The molecule has 2 fully saturated rings. The summed E-state index contributed by atoms with van der Waals surface area (Å²) in [5, 5.41) is 6.13. The van der Waals surface area contributed by atoms with E-state index in [2.05, 4.69) is 73.0 Å². The molecule has 0 radical (unpaired) electrons. The van der Waals surface area contributed by atoms with Gasteiger partial charge >= 0.3 is 0 Å². The Labute approximate surface area is 201 Å². The molecular weight excluding hydrogens is 495 g/mol. The maximum atomic E-state index is 6.21. The molecule has 0 N–H and O–H groups in total. The van der Waals surface area contributed by atoms with Crippen LogP contribution in [0.1, 0.15) is 25.3 Å². The average molecular weight is 520 g/mol. The molecule has 4 nitrogen and oxygen atoms in total. The van der Waals surface area contributed by atoms with Crippen molar-refractivity contribution in [2.24, 2.45) is 0 Å². The van der Waals surface area contributed by atoms with Crippen LogP contribution in [-0.2, 0) is 0 Å². The molecule has 0 bridgehead atoms. The highest BCUT2D eigenvalue weighted by molar-refractivity contribution is 9.10. The van der Waals surface area contributed by atoms with Gasteiger partial charge in [0, 0.05) is 54.1 Å². The fraction of sp³-hybridized carbons (Fsp3) is 0.375. The number of nitrogens with zero attached hydrogens (tertiary/aromatic N) is 4. The quantitative estimate of drug-likeness (QED) is 0.391. The summed E-state index contributed by atoms with van der Waals surface area (Å²) in [5.74, 6) is 0. The van der Waals surface area contributed by atoms with Gasteiger partial charge in [-0.25, -0.2) is 0 Å². The van der Waals surface area contributed by atoms with Gasteiger partial charge in [-0.15, -0.1) is 0 Å². The number of aromatic nitrogens is 2. The lowest BCUT2D eigenvalue weighted by atomic mass is 10.1. The minimum Gasteiger partial charge on any atom is -0.369 e. The van der Waals surface area contributed by atoms with Gasteiger partial charge < -0.3 is 4.90 Å². The second-order valence-corrected chi connectivity index (χ2v) is 10.2. The topological polar surface area (TPSA) is 24.3 Å². The smallest absolute Gasteiger partial charge is 0.0923 e. The Morgan fingerprint density at radius 2 is 1.58 bits per heavy atom. The Kier molecular flexibility index (Phi) is 6.29. The molecule has 2 heterocycles. The zero-order valence-electron chi connectivity index (χ0n) is 17.2. The van der Waals surface area contributed by atoms with Crippen molar-refractivity contribution in [2.45, 2.75) is 31.3 Å². The van der Waals surface area contributed by atoms with Crippen molar-refractivity contribution >= 4 is 44.8 Å². The van der Waals surface area contributed by atoms with E-state index in [1.165, 1.54) is 19.3 Å². The van der Waals surface area contributed by atoms with Crippen molar-refractivity contribution in [3.63, 3.8) is 0 Å². The maximum Gasteiger partial charge on any atom is 0.0923 e. The first-order valence-corrected chi connectivity index (χ1v) is 12.4. The van der Waals surface area contributed by atoms with Crippen LogP contribution >= 0.6 is 39.1 Å². The molecule has 1 aliphatic heterocycles. The zero-order chi connectivity index (χ0) is 21.4. The van der Waals surface area contributed by atoms with Crippen LogP contribution in [0.3, 0.4) is 0 Å². The van der Waals surface area contributed by atoms with Crippen LogP contribution in [0.25, 0.3) is 11.3 Å². The fourth-order valence-corrected chi connectivity index (χ4v) is 5.41. The van der Waals surface area contributed by atoms with Gasteiger partial charge in [0.1, 0.15) is 0 Å². The van der Waals surface area contributed by atoms with E-state index in [1.54, 1.807) is 0 Å². The summed E-state index contributed by atoms with van der Waals surface area (Å²) in [7, 11) is 0. The molecule has 2 unspecified atom stereocenters. The highest BCUT2D eigenvalue weighted by Crippen LogP contribution is 2.35. The standard InChI is InChI=1S/C24H25BrCl2N4/c25-18-3-1-17(2-4-18)24-9-10-31(28-24)21-6-5-19(15-21)29-11-13-30(14-12-29)20-7-8-22(26)23(27)16-20/h1-4,7-10,16,19,21H,5-6,11-15H2. The molecule has 1 saturated heterocycles. The molecule has 31 heavy (non-hydrogen) atoms. The van der Waals surface area contributed by atoms with Crippen LogP contribution in [0.2, 0.25) is 10.0 Å². The Morgan fingerprint density at radius 1 is 0.839 bits per heavy atom. The van der Waals surface area contributed by atoms with Crippen molar-refractivity contribution in [3.8, 4) is 11.3 Å². The lowest BCUT2D eigenvalue weighted by Gasteiger charge is -2.39. The molecule has 0 amide bonds. The van der Waals surface area contributed by atoms with Crippen LogP contribution in [-0.4, -0.2) is 46.9 Å². The summed E-state index contributed by atoms with van der Waals surface area (Å²) < 4.78 is 3.28. The van der Waals surface area contributed by atoms with Crippen LogP contribution in [0.15, 0.2) is 59.2 Å². The van der Waals surface area contributed by atoms with Gasteiger partial charge in [-0.05, 0) is 55.7 Å². The largest absolute Gasteiger partial charge is 0.369 e. The SMILES string of the molecule is Clc1ccc(N2CCN(C3CCC(n4ccc(-c5ccc(Br)cc5)n4)C3)CC2)cc1Cl. The van der Waals surface area contributed by atoms with Crippen LogP contribution in [0.4, 0.5) is 5.69 Å². The lowest BCUT2D eigenvalue weighted by Crippen LogP contribution is -2.49. The Hall–Kier alpha value is -1.53. The summed E-state index contributed by atoms with van der Waals surface area (Å²) in [6.07, 6.45) is 5.75. The van der Waals surface area contributed by atoms with Gasteiger partial charge in [-0.1, -0.05) is 51.3 Å². The molecule has 2 aromatic carbocycles. The molecule has 1 aliphatic carbocycles. The van der Waals surface area contributed by atoms with Gasteiger partial charge in [0.15, 0.2) is 0 Å². The first-order chi connectivity index (χ1) is 15.1. The van der Waals surface area contributed by atoms with E-state index in [0.717, 1.165) is 47.6 Å². The van der Waals surface area contributed by atoms with E-state index in [1.807, 2.05) is 12.1 Å². The van der Waals surface area contributed by atoms with Crippen molar-refractivity contribution in [2.75, 3.05) is 31.1 Å². The minimum atomic E-state index is 0.488. The van der Waals surface area contributed by atoms with Gasteiger partial charge in [0.2, 0.25) is 0 Å². The third-order valence-corrected chi connectivity index (χ3v) is 7.87. The van der Waals surface area contributed by atoms with Crippen LogP contribution in [0, 0.1) is 0 Å². The van der Waals surface area contributed by atoms with Gasteiger partial charge in [0.25, 0.3) is 0 Å². The molecular formula is C24H25BrCl2N4. The summed E-state index contributed by atoms with van der Waals surface area (Å²) in [4.78, 5) is 5.07. The third kappa shape index (κ3) is 4.65. The van der Waals surface area contributed by atoms with Gasteiger partial charge in [0.05, 0.1) is 21.8 Å². The Morgan fingerprint density at radius 3 is 2.32 bits per heavy atom. The molecule has 5 rings (SSSR count). The number of rotatable bonds is 4. The number of benzene rings is 2. The molecule has 1 saturated carbocycles. The van der Waals surface area contributed by atoms with Crippen molar-refractivity contribution < 1.29 is 0 Å². The molecule has 3 aromatic rings. The maximum absolute atomic E-state index is 6.21. The summed E-state index contributed by atoms with van der Waals surface area (Å²) in [6, 6.07) is 17.6. The van der Waals surface area contributed by atoms with E-state index in [9.17, 15) is 0 Å². The van der Waals surface area contributed by atoms with Crippen molar-refractivity contribution in [3.05, 3.63) is 69.2 Å². The number of anilines is 1. The van der Waals surface area contributed by atoms with Crippen molar-refractivity contribution in [1.29, 1.82) is 0 Å². The molecule has 1 aromatic heterocycles.